The van der Waals surface area contributed by atoms with Gasteiger partial charge in [-0.2, -0.15) is 0 Å². The van der Waals surface area contributed by atoms with E-state index in [1.807, 2.05) is 13.8 Å². The highest BCUT2D eigenvalue weighted by molar-refractivity contribution is 7.89. The van der Waals surface area contributed by atoms with Crippen molar-refractivity contribution in [2.24, 2.45) is 5.92 Å². The van der Waals surface area contributed by atoms with E-state index in [0.717, 1.165) is 0 Å². The van der Waals surface area contributed by atoms with Crippen LogP contribution >= 0.6 is 0 Å². The first kappa shape index (κ1) is 17.6. The van der Waals surface area contributed by atoms with E-state index in [1.165, 1.54) is 19.1 Å². The summed E-state index contributed by atoms with van der Waals surface area (Å²) in [5.74, 6) is 1.20. The number of nitrogens with one attached hydrogen (secondary N) is 1. The summed E-state index contributed by atoms with van der Waals surface area (Å²) in [6, 6.07) is 4.46. The van der Waals surface area contributed by atoms with Crippen LogP contribution in [0.15, 0.2) is 23.1 Å². The zero-order chi connectivity index (χ0) is 17.0. The van der Waals surface area contributed by atoms with Crippen molar-refractivity contribution >= 4 is 15.9 Å². The maximum atomic E-state index is 12.3. The largest absolute Gasteiger partial charge is 0.454 e. The van der Waals surface area contributed by atoms with E-state index in [1.54, 1.807) is 11.0 Å². The Bertz CT molecular complexity index is 672. The molecular formula is C15H22N2O5S. The van der Waals surface area contributed by atoms with Gasteiger partial charge in [-0.3, -0.25) is 4.79 Å². The Morgan fingerprint density at radius 1 is 1.30 bits per heavy atom. The first-order chi connectivity index (χ1) is 10.8. The molecule has 23 heavy (non-hydrogen) atoms. The minimum Gasteiger partial charge on any atom is -0.454 e. The van der Waals surface area contributed by atoms with Gasteiger partial charge in [0.2, 0.25) is 22.7 Å². The molecular weight excluding hydrogens is 320 g/mol. The molecule has 1 aliphatic rings. The second-order valence-corrected chi connectivity index (χ2v) is 7.54. The van der Waals surface area contributed by atoms with Gasteiger partial charge in [0.05, 0.1) is 4.90 Å². The van der Waals surface area contributed by atoms with Gasteiger partial charge >= 0.3 is 0 Å². The number of benzene rings is 1. The van der Waals surface area contributed by atoms with Crippen LogP contribution < -0.4 is 14.2 Å². The molecule has 0 fully saturated rings. The Labute approximate surface area is 136 Å². The molecule has 1 aliphatic heterocycles. The van der Waals surface area contributed by atoms with E-state index < -0.39 is 10.0 Å². The third kappa shape index (κ3) is 4.59. The fraction of sp³-hybridized carbons (Fsp3) is 0.533. The lowest BCUT2D eigenvalue weighted by Crippen LogP contribution is -2.39. The SMILES string of the molecule is CC(=O)N(CCNS(=O)(=O)c1ccc2c(c1)OCO2)CC(C)C. The zero-order valence-corrected chi connectivity index (χ0v) is 14.4. The van der Waals surface area contributed by atoms with Crippen molar-refractivity contribution in [3.05, 3.63) is 18.2 Å². The van der Waals surface area contributed by atoms with Gasteiger partial charge in [0.25, 0.3) is 0 Å². The quantitative estimate of drug-likeness (QED) is 0.805. The summed E-state index contributed by atoms with van der Waals surface area (Å²) in [6.45, 7) is 6.67. The van der Waals surface area contributed by atoms with Crippen LogP contribution in [-0.2, 0) is 14.8 Å². The average Bonchev–Trinajstić information content (AvgIpc) is 2.92. The molecule has 0 saturated heterocycles. The molecule has 0 saturated carbocycles. The third-order valence-corrected chi connectivity index (χ3v) is 4.82. The van der Waals surface area contributed by atoms with E-state index in [2.05, 4.69) is 4.72 Å². The second-order valence-electron chi connectivity index (χ2n) is 5.77. The molecule has 0 atom stereocenters. The van der Waals surface area contributed by atoms with E-state index >= 15 is 0 Å². The molecule has 7 nitrogen and oxygen atoms in total. The number of amides is 1. The third-order valence-electron chi connectivity index (χ3n) is 3.36. The summed E-state index contributed by atoms with van der Waals surface area (Å²) in [7, 11) is -3.66. The summed E-state index contributed by atoms with van der Waals surface area (Å²) in [5.41, 5.74) is 0. The molecule has 0 aliphatic carbocycles. The van der Waals surface area contributed by atoms with Crippen LogP contribution in [0.25, 0.3) is 0 Å². The van der Waals surface area contributed by atoms with Crippen LogP contribution in [0, 0.1) is 5.92 Å². The first-order valence-corrected chi connectivity index (χ1v) is 8.93. The van der Waals surface area contributed by atoms with Crippen molar-refractivity contribution in [2.75, 3.05) is 26.4 Å². The Balaban J connectivity index is 1.97. The molecule has 1 aromatic carbocycles. The van der Waals surface area contributed by atoms with E-state index in [-0.39, 0.29) is 24.1 Å². The number of ether oxygens (including phenoxy) is 2. The number of hydrogen-bond acceptors (Lipinski definition) is 5. The Kier molecular flexibility index (Phi) is 5.48. The van der Waals surface area contributed by atoms with Crippen molar-refractivity contribution in [2.45, 2.75) is 25.7 Å². The summed E-state index contributed by atoms with van der Waals surface area (Å²) in [4.78, 5) is 13.3. The molecule has 1 amide bonds. The van der Waals surface area contributed by atoms with E-state index in [9.17, 15) is 13.2 Å². The highest BCUT2D eigenvalue weighted by atomic mass is 32.2. The van der Waals surface area contributed by atoms with Gasteiger partial charge in [-0.05, 0) is 18.1 Å². The van der Waals surface area contributed by atoms with Crippen LogP contribution in [0.1, 0.15) is 20.8 Å². The highest BCUT2D eigenvalue weighted by Crippen LogP contribution is 2.33. The lowest BCUT2D eigenvalue weighted by Gasteiger charge is -2.23. The zero-order valence-electron chi connectivity index (χ0n) is 13.5. The van der Waals surface area contributed by atoms with Gasteiger partial charge in [0, 0.05) is 32.6 Å². The molecule has 1 aromatic rings. The number of carbonyl (C=O) groups is 1. The van der Waals surface area contributed by atoms with Gasteiger partial charge in [-0.25, -0.2) is 13.1 Å². The number of fused-ring (bicyclic) bond motifs is 1. The summed E-state index contributed by atoms with van der Waals surface area (Å²) >= 11 is 0. The minimum absolute atomic E-state index is 0.0685. The number of sulfonamides is 1. The Morgan fingerprint density at radius 3 is 2.65 bits per heavy atom. The summed E-state index contributed by atoms with van der Waals surface area (Å²) < 4.78 is 37.4. The molecule has 8 heteroatoms. The molecule has 0 aromatic heterocycles. The van der Waals surface area contributed by atoms with Crippen LogP contribution in [0.2, 0.25) is 0 Å². The fourth-order valence-corrected chi connectivity index (χ4v) is 3.30. The molecule has 128 valence electrons. The van der Waals surface area contributed by atoms with Gasteiger partial charge in [-0.15, -0.1) is 0 Å². The van der Waals surface area contributed by atoms with Crippen LogP contribution in [0.4, 0.5) is 0 Å². The maximum Gasteiger partial charge on any atom is 0.240 e. The Hall–Kier alpha value is -1.80. The van der Waals surface area contributed by atoms with Crippen LogP contribution in [0.5, 0.6) is 11.5 Å². The number of carbonyl (C=O) groups excluding carboxylic acids is 1. The van der Waals surface area contributed by atoms with Gasteiger partial charge < -0.3 is 14.4 Å². The predicted molar refractivity (Wildman–Crippen MR) is 84.8 cm³/mol. The molecule has 0 unspecified atom stereocenters. The smallest absolute Gasteiger partial charge is 0.240 e. The monoisotopic (exact) mass is 342 g/mol. The lowest BCUT2D eigenvalue weighted by atomic mass is 10.2. The van der Waals surface area contributed by atoms with Crippen molar-refractivity contribution in [1.29, 1.82) is 0 Å². The molecule has 1 heterocycles. The van der Waals surface area contributed by atoms with Crippen molar-refractivity contribution in [1.82, 2.24) is 9.62 Å². The van der Waals surface area contributed by atoms with Crippen LogP contribution in [-0.4, -0.2) is 45.7 Å². The van der Waals surface area contributed by atoms with Gasteiger partial charge in [0.1, 0.15) is 0 Å². The van der Waals surface area contributed by atoms with Crippen molar-refractivity contribution in [3.8, 4) is 11.5 Å². The summed E-state index contributed by atoms with van der Waals surface area (Å²) in [5, 5.41) is 0. The maximum absolute atomic E-state index is 12.3. The van der Waals surface area contributed by atoms with Crippen molar-refractivity contribution < 1.29 is 22.7 Å². The highest BCUT2D eigenvalue weighted by Gasteiger charge is 2.20. The lowest BCUT2D eigenvalue weighted by molar-refractivity contribution is -0.129. The minimum atomic E-state index is -3.66. The average molecular weight is 342 g/mol. The molecule has 0 spiro atoms. The summed E-state index contributed by atoms with van der Waals surface area (Å²) in [6.07, 6.45) is 0. The van der Waals surface area contributed by atoms with E-state index in [0.29, 0.717) is 30.5 Å². The molecule has 2 rings (SSSR count). The topological polar surface area (TPSA) is 84.9 Å². The standard InChI is InChI=1S/C15H22N2O5S/c1-11(2)9-17(12(3)18)7-6-16-23(19,20)13-4-5-14-15(8-13)22-10-21-14/h4-5,8,11,16H,6-7,9-10H2,1-3H3. The van der Waals surface area contributed by atoms with Gasteiger partial charge in [-0.1, -0.05) is 13.8 Å². The molecule has 1 N–H and O–H groups in total. The Morgan fingerprint density at radius 2 is 2.00 bits per heavy atom. The predicted octanol–water partition coefficient (Wildman–Crippen LogP) is 1.20. The van der Waals surface area contributed by atoms with Crippen molar-refractivity contribution in [3.63, 3.8) is 0 Å². The fourth-order valence-electron chi connectivity index (χ4n) is 2.26. The number of hydrogen-bond donors (Lipinski definition) is 1. The second kappa shape index (κ2) is 7.18. The first-order valence-electron chi connectivity index (χ1n) is 7.44. The molecule has 0 radical (unpaired) electrons. The number of rotatable bonds is 7. The number of nitrogens with zero attached hydrogens (tertiary/aromatic N) is 1. The van der Waals surface area contributed by atoms with Crippen LogP contribution in [0.3, 0.4) is 0 Å². The molecule has 0 bridgehead atoms. The van der Waals surface area contributed by atoms with E-state index in [4.69, 9.17) is 9.47 Å². The normalized spacial score (nSPS) is 13.4. The van der Waals surface area contributed by atoms with Gasteiger partial charge in [0.15, 0.2) is 11.5 Å².